The Morgan fingerprint density at radius 2 is 1.80 bits per heavy atom. The maximum Gasteiger partial charge on any atom is 0.155 e. The zero-order chi connectivity index (χ0) is 21.7. The molecule has 4 rings (SSSR count). The minimum Gasteiger partial charge on any atom is -0.368 e. The van der Waals surface area contributed by atoms with Gasteiger partial charge in [0.2, 0.25) is 0 Å². The van der Waals surface area contributed by atoms with Crippen LogP contribution in [0.25, 0.3) is 0 Å². The van der Waals surface area contributed by atoms with Gasteiger partial charge in [-0.15, -0.1) is 0 Å². The molecule has 0 radical (unpaired) electrons. The molecule has 4 aliphatic carbocycles. The Labute approximate surface area is 186 Å². The number of ether oxygens (including phenoxy) is 1. The van der Waals surface area contributed by atoms with Crippen LogP contribution in [0.5, 0.6) is 0 Å². The molecule has 0 aromatic carbocycles. The molecular formula is C28H48O2. The number of aliphatic hydroxyl groups is 1. The van der Waals surface area contributed by atoms with Crippen LogP contribution in [0.2, 0.25) is 0 Å². The fraction of sp³-hybridized carbons (Fsp3) is 0.929. The molecule has 2 heteroatoms. The molecule has 4 saturated carbocycles. The Bertz CT molecular complexity index is 658. The summed E-state index contributed by atoms with van der Waals surface area (Å²) in [6, 6.07) is 0. The van der Waals surface area contributed by atoms with Gasteiger partial charge < -0.3 is 9.84 Å². The van der Waals surface area contributed by atoms with Crippen LogP contribution in [0, 0.1) is 34.5 Å². The standard InChI is InChI=1S/C28H48O2/c1-19(10-15-25(29)30-26(2,3)4)22-13-14-23-21-12-11-20-9-7-8-17-27(20,5)24(21)16-18-28(22,23)6/h20-21,23-25,29H,7-18H2,1-6H3/b22-19+/t20-,21-,23-,24-,25?,27-,28+/m0/s1. The van der Waals surface area contributed by atoms with Gasteiger partial charge in [-0.25, -0.2) is 0 Å². The summed E-state index contributed by atoms with van der Waals surface area (Å²) in [5.74, 6) is 3.86. The fourth-order valence-electron chi connectivity index (χ4n) is 8.77. The number of hydrogen-bond acceptors (Lipinski definition) is 2. The first-order valence-electron chi connectivity index (χ1n) is 13.1. The van der Waals surface area contributed by atoms with Crippen LogP contribution in [0.3, 0.4) is 0 Å². The van der Waals surface area contributed by atoms with Crippen molar-refractivity contribution in [2.75, 3.05) is 0 Å². The van der Waals surface area contributed by atoms with Crippen molar-refractivity contribution in [3.8, 4) is 0 Å². The quantitative estimate of drug-likeness (QED) is 0.377. The van der Waals surface area contributed by atoms with Crippen molar-refractivity contribution in [3.63, 3.8) is 0 Å². The Morgan fingerprint density at radius 1 is 1.03 bits per heavy atom. The van der Waals surface area contributed by atoms with Gasteiger partial charge in [0, 0.05) is 6.42 Å². The predicted molar refractivity (Wildman–Crippen MR) is 125 cm³/mol. The highest BCUT2D eigenvalue weighted by molar-refractivity contribution is 5.28. The highest BCUT2D eigenvalue weighted by Gasteiger charge is 2.58. The second-order valence-electron chi connectivity index (χ2n) is 12.9. The summed E-state index contributed by atoms with van der Waals surface area (Å²) in [5.41, 5.74) is 4.08. The van der Waals surface area contributed by atoms with Crippen molar-refractivity contribution in [1.82, 2.24) is 0 Å². The van der Waals surface area contributed by atoms with E-state index >= 15 is 0 Å². The first kappa shape index (κ1) is 22.8. The van der Waals surface area contributed by atoms with Crippen molar-refractivity contribution < 1.29 is 9.84 Å². The highest BCUT2D eigenvalue weighted by atomic mass is 16.6. The van der Waals surface area contributed by atoms with Crippen LogP contribution < -0.4 is 0 Å². The summed E-state index contributed by atoms with van der Waals surface area (Å²) in [5, 5.41) is 10.3. The lowest BCUT2D eigenvalue weighted by Crippen LogP contribution is -2.52. The van der Waals surface area contributed by atoms with Gasteiger partial charge in [-0.3, -0.25) is 0 Å². The monoisotopic (exact) mass is 416 g/mol. The van der Waals surface area contributed by atoms with Gasteiger partial charge in [-0.1, -0.05) is 37.8 Å². The van der Waals surface area contributed by atoms with Crippen molar-refractivity contribution in [1.29, 1.82) is 0 Å². The number of hydrogen-bond donors (Lipinski definition) is 1. The molecule has 1 N–H and O–H groups in total. The summed E-state index contributed by atoms with van der Waals surface area (Å²) in [7, 11) is 0. The van der Waals surface area contributed by atoms with Gasteiger partial charge in [-0.2, -0.15) is 0 Å². The van der Waals surface area contributed by atoms with E-state index in [0.29, 0.717) is 10.8 Å². The number of rotatable bonds is 4. The van der Waals surface area contributed by atoms with Crippen LogP contribution in [0.4, 0.5) is 0 Å². The summed E-state index contributed by atoms with van der Waals surface area (Å²) in [6.45, 7) is 13.7. The molecule has 30 heavy (non-hydrogen) atoms. The lowest BCUT2D eigenvalue weighted by Gasteiger charge is -2.60. The average molecular weight is 417 g/mol. The van der Waals surface area contributed by atoms with E-state index in [4.69, 9.17) is 4.74 Å². The van der Waals surface area contributed by atoms with Crippen LogP contribution in [-0.2, 0) is 4.74 Å². The van der Waals surface area contributed by atoms with Gasteiger partial charge in [0.25, 0.3) is 0 Å². The van der Waals surface area contributed by atoms with E-state index < -0.39 is 6.29 Å². The zero-order valence-electron chi connectivity index (χ0n) is 20.7. The molecule has 2 nitrogen and oxygen atoms in total. The molecule has 0 bridgehead atoms. The van der Waals surface area contributed by atoms with Crippen LogP contribution in [0.1, 0.15) is 119 Å². The first-order chi connectivity index (χ1) is 14.0. The van der Waals surface area contributed by atoms with Crippen LogP contribution >= 0.6 is 0 Å². The molecule has 4 fully saturated rings. The smallest absolute Gasteiger partial charge is 0.155 e. The van der Waals surface area contributed by atoms with E-state index in [1.165, 1.54) is 64.2 Å². The Hall–Kier alpha value is -0.340. The Morgan fingerprint density at radius 3 is 2.53 bits per heavy atom. The summed E-state index contributed by atoms with van der Waals surface area (Å²) >= 11 is 0. The Balaban J connectivity index is 1.47. The second-order valence-corrected chi connectivity index (χ2v) is 12.9. The fourth-order valence-corrected chi connectivity index (χ4v) is 8.77. The Kier molecular flexibility index (Phi) is 6.26. The molecule has 1 unspecified atom stereocenters. The molecule has 172 valence electrons. The van der Waals surface area contributed by atoms with Gasteiger partial charge >= 0.3 is 0 Å². The third-order valence-electron chi connectivity index (χ3n) is 10.1. The van der Waals surface area contributed by atoms with Crippen molar-refractivity contribution in [2.24, 2.45) is 34.5 Å². The number of fused-ring (bicyclic) bond motifs is 5. The minimum atomic E-state index is -0.650. The van der Waals surface area contributed by atoms with Crippen molar-refractivity contribution >= 4 is 0 Å². The third kappa shape index (κ3) is 4.05. The van der Waals surface area contributed by atoms with Crippen LogP contribution in [0.15, 0.2) is 11.1 Å². The maximum atomic E-state index is 10.3. The third-order valence-corrected chi connectivity index (χ3v) is 10.1. The van der Waals surface area contributed by atoms with Gasteiger partial charge in [0.15, 0.2) is 6.29 Å². The lowest BCUT2D eigenvalue weighted by molar-refractivity contribution is -0.167. The number of allylic oxidation sites excluding steroid dienone is 2. The van der Waals surface area contributed by atoms with Gasteiger partial charge in [0.1, 0.15) is 0 Å². The maximum absolute atomic E-state index is 10.3. The molecule has 0 amide bonds. The van der Waals surface area contributed by atoms with Crippen molar-refractivity contribution in [3.05, 3.63) is 11.1 Å². The van der Waals surface area contributed by atoms with Crippen LogP contribution in [-0.4, -0.2) is 17.0 Å². The molecule has 0 aromatic rings. The van der Waals surface area contributed by atoms with E-state index in [2.05, 4.69) is 20.8 Å². The summed E-state index contributed by atoms with van der Waals surface area (Å²) < 4.78 is 5.75. The number of aliphatic hydroxyl groups excluding tert-OH is 1. The van der Waals surface area contributed by atoms with E-state index in [0.717, 1.165) is 36.5 Å². The lowest BCUT2D eigenvalue weighted by atomic mass is 9.45. The molecule has 4 aliphatic rings. The molecule has 0 aromatic heterocycles. The SMILES string of the molecule is C/C(CCC(O)OC(C)(C)C)=C1/CC[C@H]2[C@@H]3CC[C@@H]4CCCC[C@]4(C)[C@H]3CC[C@]12C. The average Bonchev–Trinajstić information content (AvgIpc) is 3.01. The molecule has 7 atom stereocenters. The topological polar surface area (TPSA) is 29.5 Å². The highest BCUT2D eigenvalue weighted by Crippen LogP contribution is 2.67. The minimum absolute atomic E-state index is 0.280. The van der Waals surface area contributed by atoms with E-state index in [1.54, 1.807) is 11.1 Å². The predicted octanol–water partition coefficient (Wildman–Crippen LogP) is 7.65. The molecule has 0 heterocycles. The van der Waals surface area contributed by atoms with Crippen molar-refractivity contribution in [2.45, 2.75) is 130 Å². The van der Waals surface area contributed by atoms with Gasteiger partial charge in [0.05, 0.1) is 5.60 Å². The molecule has 0 saturated heterocycles. The van der Waals surface area contributed by atoms with E-state index in [1.807, 2.05) is 20.8 Å². The molecule has 0 aliphatic heterocycles. The van der Waals surface area contributed by atoms with Gasteiger partial charge in [-0.05, 0) is 120 Å². The molecular weight excluding hydrogens is 368 g/mol. The van der Waals surface area contributed by atoms with E-state index in [-0.39, 0.29) is 5.60 Å². The summed E-state index contributed by atoms with van der Waals surface area (Å²) in [6.07, 6.45) is 15.6. The zero-order valence-corrected chi connectivity index (χ0v) is 20.7. The van der Waals surface area contributed by atoms with E-state index in [9.17, 15) is 5.11 Å². The normalized spacial score (nSPS) is 44.1. The second kappa shape index (κ2) is 8.22. The summed E-state index contributed by atoms with van der Waals surface area (Å²) in [4.78, 5) is 0. The largest absolute Gasteiger partial charge is 0.368 e. The first-order valence-corrected chi connectivity index (χ1v) is 13.1. The molecule has 0 spiro atoms.